The number of carbonyl (C=O) groups is 7. The Balaban J connectivity index is 1.42. The zero-order valence-electron chi connectivity index (χ0n) is 32.5. The molecular formula is C40H56N8O7. The van der Waals surface area contributed by atoms with Crippen molar-refractivity contribution in [3.63, 3.8) is 0 Å². The highest BCUT2D eigenvalue weighted by Crippen LogP contribution is 2.28. The van der Waals surface area contributed by atoms with E-state index in [0.29, 0.717) is 31.2 Å². The predicted octanol–water partition coefficient (Wildman–Crippen LogP) is 2.38. The summed E-state index contributed by atoms with van der Waals surface area (Å²) in [6.07, 6.45) is 10.8. The van der Waals surface area contributed by atoms with E-state index in [1.54, 1.807) is 58.3 Å². The van der Waals surface area contributed by atoms with E-state index in [1.165, 1.54) is 23.5 Å². The Morgan fingerprint density at radius 3 is 2.15 bits per heavy atom. The van der Waals surface area contributed by atoms with Crippen LogP contribution in [0, 0.1) is 17.8 Å². The second-order valence-electron chi connectivity index (χ2n) is 15.1. The van der Waals surface area contributed by atoms with Gasteiger partial charge in [0.25, 0.3) is 11.8 Å². The van der Waals surface area contributed by atoms with Gasteiger partial charge in [0.2, 0.25) is 29.4 Å². The maximum Gasteiger partial charge on any atom is 0.290 e. The number of hydrogen-bond donors (Lipinski definition) is 5. The van der Waals surface area contributed by atoms with Crippen molar-refractivity contribution in [1.29, 1.82) is 0 Å². The zero-order valence-corrected chi connectivity index (χ0v) is 32.5. The van der Waals surface area contributed by atoms with Crippen molar-refractivity contribution in [2.24, 2.45) is 17.8 Å². The molecule has 298 valence electrons. The highest BCUT2D eigenvalue weighted by Gasteiger charge is 2.40. The molecule has 2 saturated carbocycles. The molecule has 55 heavy (non-hydrogen) atoms. The van der Waals surface area contributed by atoms with Crippen LogP contribution in [0.2, 0.25) is 0 Å². The Kier molecular flexibility index (Phi) is 15.8. The summed E-state index contributed by atoms with van der Waals surface area (Å²) in [5.74, 6) is -5.35. The van der Waals surface area contributed by atoms with E-state index in [4.69, 9.17) is 0 Å². The molecule has 2 aromatic rings. The number of carbonyl (C=O) groups excluding carboxylic acids is 7. The molecule has 6 amide bonds. The summed E-state index contributed by atoms with van der Waals surface area (Å²) in [5.41, 5.74) is 0.592. The van der Waals surface area contributed by atoms with Crippen LogP contribution in [-0.4, -0.2) is 94.4 Å². The van der Waals surface area contributed by atoms with Gasteiger partial charge in [0.05, 0.1) is 18.2 Å². The molecule has 4 rings (SSSR count). The van der Waals surface area contributed by atoms with Crippen LogP contribution in [0.4, 0.5) is 0 Å². The number of nitrogens with one attached hydrogen (secondary N) is 5. The zero-order chi connectivity index (χ0) is 40.1. The maximum absolute atomic E-state index is 13.9. The third-order valence-corrected chi connectivity index (χ3v) is 10.4. The van der Waals surface area contributed by atoms with Gasteiger partial charge >= 0.3 is 0 Å². The van der Waals surface area contributed by atoms with Gasteiger partial charge in [0.1, 0.15) is 23.8 Å². The first-order valence-electron chi connectivity index (χ1n) is 19.4. The number of hydrogen-bond acceptors (Lipinski definition) is 9. The van der Waals surface area contributed by atoms with Crippen LogP contribution in [-0.2, 0) is 28.8 Å². The molecule has 0 aliphatic heterocycles. The molecule has 2 aliphatic rings. The quantitative estimate of drug-likeness (QED) is 0.150. The first-order chi connectivity index (χ1) is 26.3. The lowest BCUT2D eigenvalue weighted by Gasteiger charge is -2.32. The van der Waals surface area contributed by atoms with Gasteiger partial charge < -0.3 is 31.5 Å². The highest BCUT2D eigenvalue weighted by molar-refractivity contribution is 6.38. The normalized spacial score (nSPS) is 19.2. The molecule has 5 N–H and O–H groups in total. The van der Waals surface area contributed by atoms with E-state index in [9.17, 15) is 33.6 Å². The molecule has 0 saturated heterocycles. The number of Topliss-reactive ketones (excluding diaryl/α,β-unsaturated/α-hetero) is 1. The lowest BCUT2D eigenvalue weighted by molar-refractivity contribution is -0.143. The number of nitrogens with zero attached hydrogens (tertiary/aromatic N) is 3. The molecule has 1 unspecified atom stereocenters. The summed E-state index contributed by atoms with van der Waals surface area (Å²) in [6.45, 7) is 5.43. The minimum atomic E-state index is -1.14. The molecule has 0 bridgehead atoms. The van der Waals surface area contributed by atoms with Crippen molar-refractivity contribution in [3.8, 4) is 0 Å². The SMILES string of the molecule is CCC[C@H](NC(=O)[C@@H]1CCC[C@@H]1NC(=O)C(NC(=O)[C@@H](NC(=O)c1cnccn1)C1CCCCC1)C(C)C)C(=O)C(=O)N[C@@H](C(=O)N(C)C)c1ccccc1. The van der Waals surface area contributed by atoms with Crippen LogP contribution in [0.15, 0.2) is 48.9 Å². The third-order valence-electron chi connectivity index (χ3n) is 10.4. The van der Waals surface area contributed by atoms with Crippen molar-refractivity contribution < 1.29 is 33.6 Å². The fourth-order valence-electron chi connectivity index (χ4n) is 7.38. The number of amides is 6. The van der Waals surface area contributed by atoms with Gasteiger partial charge in [-0.15, -0.1) is 0 Å². The average molecular weight is 761 g/mol. The molecule has 1 aromatic carbocycles. The first kappa shape index (κ1) is 42.5. The molecule has 0 spiro atoms. The molecule has 15 heteroatoms. The summed E-state index contributed by atoms with van der Waals surface area (Å²) >= 11 is 0. The third kappa shape index (κ3) is 11.6. The van der Waals surface area contributed by atoms with E-state index in [2.05, 4.69) is 36.6 Å². The monoisotopic (exact) mass is 760 g/mol. The predicted molar refractivity (Wildman–Crippen MR) is 204 cm³/mol. The van der Waals surface area contributed by atoms with E-state index >= 15 is 0 Å². The van der Waals surface area contributed by atoms with E-state index in [0.717, 1.165) is 32.1 Å². The van der Waals surface area contributed by atoms with Crippen molar-refractivity contribution in [1.82, 2.24) is 41.5 Å². The largest absolute Gasteiger partial charge is 0.351 e. The molecular weight excluding hydrogens is 704 g/mol. The highest BCUT2D eigenvalue weighted by atomic mass is 16.2. The van der Waals surface area contributed by atoms with Gasteiger partial charge in [-0.05, 0) is 49.5 Å². The van der Waals surface area contributed by atoms with Crippen LogP contribution >= 0.6 is 0 Å². The van der Waals surface area contributed by atoms with Gasteiger partial charge in [0.15, 0.2) is 0 Å². The Bertz CT molecular complexity index is 1650. The van der Waals surface area contributed by atoms with Crippen molar-refractivity contribution in [2.75, 3.05) is 14.1 Å². The van der Waals surface area contributed by atoms with Gasteiger partial charge in [-0.3, -0.25) is 38.5 Å². The summed E-state index contributed by atoms with van der Waals surface area (Å²) in [7, 11) is 3.11. The molecule has 6 atom stereocenters. The van der Waals surface area contributed by atoms with Gasteiger partial charge in [-0.25, -0.2) is 4.98 Å². The van der Waals surface area contributed by atoms with E-state index < -0.39 is 77.4 Å². The Hall–Kier alpha value is -5.21. The molecule has 2 aliphatic carbocycles. The molecule has 15 nitrogen and oxygen atoms in total. The Morgan fingerprint density at radius 1 is 0.818 bits per heavy atom. The fourth-order valence-corrected chi connectivity index (χ4v) is 7.38. The smallest absolute Gasteiger partial charge is 0.290 e. The van der Waals surface area contributed by atoms with Crippen LogP contribution in [0.25, 0.3) is 0 Å². The van der Waals surface area contributed by atoms with Crippen LogP contribution in [0.5, 0.6) is 0 Å². The second kappa shape index (κ2) is 20.5. The number of likely N-dealkylation sites (N-methyl/N-ethyl adjacent to an activating group) is 1. The lowest BCUT2D eigenvalue weighted by atomic mass is 9.83. The van der Waals surface area contributed by atoms with Gasteiger partial charge in [0, 0.05) is 32.5 Å². The molecule has 1 aromatic heterocycles. The van der Waals surface area contributed by atoms with Crippen LogP contribution in [0.1, 0.15) is 107 Å². The summed E-state index contributed by atoms with van der Waals surface area (Å²) in [5, 5.41) is 14.0. The standard InChI is InChI=1S/C40H56N8O7/c1-6-14-29(34(49)39(54)47-33(40(55)48(4)5)26-17-11-8-12-18-26)44-35(50)27-19-13-20-28(27)43-37(52)31(24(2)3)45-38(53)32(25-15-9-7-10-16-25)46-36(51)30-23-41-21-22-42-30/h8,11-12,17-18,21-25,27-29,31-33H,6-7,9-10,13-16,19-20H2,1-5H3,(H,43,52)(H,44,50)(H,45,53)(H,46,51)(H,47,54)/t27-,28+,29+,31?,32+,33-/m1/s1. The van der Waals surface area contributed by atoms with E-state index in [1.807, 2.05) is 6.92 Å². The van der Waals surface area contributed by atoms with Crippen LogP contribution in [0.3, 0.4) is 0 Å². The van der Waals surface area contributed by atoms with Gasteiger partial charge in [-0.1, -0.05) is 83.2 Å². The minimum Gasteiger partial charge on any atom is -0.351 e. The Morgan fingerprint density at radius 2 is 1.53 bits per heavy atom. The van der Waals surface area contributed by atoms with Crippen molar-refractivity contribution in [2.45, 2.75) is 115 Å². The molecule has 0 radical (unpaired) electrons. The average Bonchev–Trinajstić information content (AvgIpc) is 3.65. The number of ketones is 1. The summed E-state index contributed by atoms with van der Waals surface area (Å²) in [6, 6.07) is 3.92. The maximum atomic E-state index is 13.9. The topological polar surface area (TPSA) is 209 Å². The first-order valence-corrected chi connectivity index (χ1v) is 19.4. The summed E-state index contributed by atoms with van der Waals surface area (Å²) < 4.78 is 0. The van der Waals surface area contributed by atoms with E-state index in [-0.39, 0.29) is 24.0 Å². The van der Waals surface area contributed by atoms with Crippen molar-refractivity contribution in [3.05, 3.63) is 60.2 Å². The van der Waals surface area contributed by atoms with Crippen molar-refractivity contribution >= 4 is 41.2 Å². The van der Waals surface area contributed by atoms with Crippen LogP contribution < -0.4 is 26.6 Å². The minimum absolute atomic E-state index is 0.0825. The number of rotatable bonds is 17. The Labute approximate surface area is 323 Å². The lowest BCUT2D eigenvalue weighted by Crippen LogP contribution is -2.59. The number of benzene rings is 1. The molecule has 2 fully saturated rings. The second-order valence-corrected chi connectivity index (χ2v) is 15.1. The number of aromatic nitrogens is 2. The molecule has 1 heterocycles. The fraction of sp³-hybridized carbons (Fsp3) is 0.575. The summed E-state index contributed by atoms with van der Waals surface area (Å²) in [4.78, 5) is 104. The van der Waals surface area contributed by atoms with Gasteiger partial charge in [-0.2, -0.15) is 0 Å².